The number of amides is 1. The molecule has 1 aromatic heterocycles. The van der Waals surface area contributed by atoms with Crippen LogP contribution in [0.1, 0.15) is 43.2 Å². The van der Waals surface area contributed by atoms with Crippen LogP contribution in [0.3, 0.4) is 0 Å². The topological polar surface area (TPSA) is 64.7 Å². The molecule has 198 valence electrons. The van der Waals surface area contributed by atoms with Gasteiger partial charge in [0.1, 0.15) is 0 Å². The number of allylic oxidation sites excluding steroid dienone is 1. The van der Waals surface area contributed by atoms with Gasteiger partial charge in [-0.25, -0.2) is 0 Å². The molecule has 0 spiro atoms. The first-order valence-corrected chi connectivity index (χ1v) is 14.1. The van der Waals surface area contributed by atoms with Crippen LogP contribution in [0.2, 0.25) is 0 Å². The number of nitrogens with zero attached hydrogens (tertiary/aromatic N) is 2. The molecule has 2 aliphatic rings. The number of hydrogen-bond donors (Lipinski definition) is 2. The lowest BCUT2D eigenvalue weighted by Gasteiger charge is -2.38. The Hall–Kier alpha value is -3.58. The highest BCUT2D eigenvalue weighted by Gasteiger charge is 2.41. The van der Waals surface area contributed by atoms with Crippen molar-refractivity contribution in [2.24, 2.45) is 5.41 Å². The quantitative estimate of drug-likeness (QED) is 0.406. The summed E-state index contributed by atoms with van der Waals surface area (Å²) < 4.78 is 0. The first kappa shape index (κ1) is 26.0. The zero-order valence-electron chi connectivity index (χ0n) is 22.6. The van der Waals surface area contributed by atoms with Crippen molar-refractivity contribution in [3.63, 3.8) is 0 Å². The zero-order chi connectivity index (χ0) is 26.9. The van der Waals surface area contributed by atoms with Gasteiger partial charge in [-0.15, -0.1) is 11.3 Å². The normalized spacial score (nSPS) is 18.3. The lowest BCUT2D eigenvalue weighted by Crippen LogP contribution is -2.42. The monoisotopic (exact) mass is 528 g/mol. The van der Waals surface area contributed by atoms with Gasteiger partial charge in [0.2, 0.25) is 5.91 Å². The fraction of sp³-hybridized carbons (Fsp3) is 0.355. The molecule has 1 unspecified atom stereocenters. The van der Waals surface area contributed by atoms with Crippen molar-refractivity contribution in [1.29, 1.82) is 0 Å². The van der Waals surface area contributed by atoms with Crippen LogP contribution in [0.15, 0.2) is 77.3 Å². The maximum Gasteiger partial charge on any atom is 0.239 e. The molecule has 0 saturated heterocycles. The van der Waals surface area contributed by atoms with E-state index in [4.69, 9.17) is 0 Å². The first-order valence-electron chi connectivity index (χ1n) is 13.2. The van der Waals surface area contributed by atoms with E-state index in [-0.39, 0.29) is 29.7 Å². The van der Waals surface area contributed by atoms with E-state index < -0.39 is 0 Å². The number of fused-ring (bicyclic) bond motifs is 1. The van der Waals surface area contributed by atoms with Crippen LogP contribution < -0.4 is 20.4 Å². The average Bonchev–Trinajstić information content (AvgIpc) is 3.34. The van der Waals surface area contributed by atoms with E-state index in [0.29, 0.717) is 13.0 Å². The summed E-state index contributed by atoms with van der Waals surface area (Å²) in [5.74, 6) is 0.0836. The minimum absolute atomic E-state index is 0.0566. The molecule has 6 nitrogen and oxygen atoms in total. The Labute approximate surface area is 229 Å². The SMILES string of the molecule is CN(C)c1ccc(C2C3=C(CC(C)(C)CC3=O)Nc3ccccc3N2CC(=O)NCCc2cccs2)cc1. The number of hydrogen-bond acceptors (Lipinski definition) is 6. The number of carbonyl (C=O) groups excluding carboxylic acids is 2. The van der Waals surface area contributed by atoms with Gasteiger partial charge in [-0.05, 0) is 59.5 Å². The van der Waals surface area contributed by atoms with Gasteiger partial charge in [-0.2, -0.15) is 0 Å². The second-order valence-corrected chi connectivity index (χ2v) is 12.2. The average molecular weight is 529 g/mol. The molecule has 0 fully saturated rings. The lowest BCUT2D eigenvalue weighted by molar-refractivity contribution is -0.120. The summed E-state index contributed by atoms with van der Waals surface area (Å²) >= 11 is 1.70. The molecule has 2 aromatic carbocycles. The number of para-hydroxylation sites is 2. The molecule has 2 N–H and O–H groups in total. The van der Waals surface area contributed by atoms with Gasteiger partial charge in [0, 0.05) is 48.9 Å². The molecule has 5 rings (SSSR count). The van der Waals surface area contributed by atoms with E-state index >= 15 is 0 Å². The highest BCUT2D eigenvalue weighted by Crippen LogP contribution is 2.48. The largest absolute Gasteiger partial charge is 0.378 e. The van der Waals surface area contributed by atoms with Crippen molar-refractivity contribution in [2.75, 3.05) is 42.3 Å². The van der Waals surface area contributed by atoms with Crippen molar-refractivity contribution in [2.45, 2.75) is 39.2 Å². The summed E-state index contributed by atoms with van der Waals surface area (Å²) in [7, 11) is 4.03. The standard InChI is InChI=1S/C31H36N4O2S/c1-31(2)18-25-29(27(36)19-31)30(21-11-13-22(14-12-21)34(3)4)35(26-10-6-5-9-24(26)33-25)20-28(37)32-16-15-23-8-7-17-38-23/h5-14,17,30,33H,15-16,18-20H2,1-4H3,(H,32,37). The van der Waals surface area contributed by atoms with E-state index in [1.54, 1.807) is 11.3 Å². The number of nitrogens with one attached hydrogen (secondary N) is 2. The van der Waals surface area contributed by atoms with E-state index in [1.807, 2.05) is 44.4 Å². The fourth-order valence-electron chi connectivity index (χ4n) is 5.52. The highest BCUT2D eigenvalue weighted by molar-refractivity contribution is 7.09. The summed E-state index contributed by atoms with van der Waals surface area (Å²) in [5, 5.41) is 8.78. The van der Waals surface area contributed by atoms with Crippen LogP contribution in [-0.4, -0.2) is 38.9 Å². The molecule has 1 aliphatic heterocycles. The highest BCUT2D eigenvalue weighted by atomic mass is 32.1. The van der Waals surface area contributed by atoms with Crippen LogP contribution in [0.25, 0.3) is 0 Å². The van der Waals surface area contributed by atoms with E-state index in [2.05, 4.69) is 70.0 Å². The Morgan fingerprint density at radius 2 is 1.84 bits per heavy atom. The third-order valence-corrected chi connectivity index (χ3v) is 8.25. The molecule has 7 heteroatoms. The molecule has 1 aliphatic carbocycles. The number of thiophene rings is 1. The molecule has 0 bridgehead atoms. The summed E-state index contributed by atoms with van der Waals surface area (Å²) in [5.41, 5.74) is 5.52. The van der Waals surface area contributed by atoms with Crippen molar-refractivity contribution >= 4 is 40.1 Å². The molecule has 1 amide bonds. The number of ketones is 1. The molecule has 0 radical (unpaired) electrons. The first-order chi connectivity index (χ1) is 18.2. The Kier molecular flexibility index (Phi) is 7.30. The van der Waals surface area contributed by atoms with E-state index in [9.17, 15) is 9.59 Å². The Bertz CT molecular complexity index is 1340. The number of anilines is 3. The summed E-state index contributed by atoms with van der Waals surface area (Å²) in [6.45, 7) is 5.02. The van der Waals surface area contributed by atoms with E-state index in [0.717, 1.165) is 46.7 Å². The maximum atomic E-state index is 13.8. The fourth-order valence-corrected chi connectivity index (χ4v) is 6.23. The second-order valence-electron chi connectivity index (χ2n) is 11.2. The second kappa shape index (κ2) is 10.7. The molecule has 3 aromatic rings. The van der Waals surface area contributed by atoms with Gasteiger partial charge in [0.15, 0.2) is 5.78 Å². The van der Waals surface area contributed by atoms with Gasteiger partial charge in [-0.1, -0.05) is 44.2 Å². The maximum absolute atomic E-state index is 13.8. The van der Waals surface area contributed by atoms with Crippen LogP contribution in [0.4, 0.5) is 17.1 Å². The lowest BCUT2D eigenvalue weighted by atomic mass is 9.73. The predicted molar refractivity (Wildman–Crippen MR) is 157 cm³/mol. The number of rotatable bonds is 7. The summed E-state index contributed by atoms with van der Waals surface area (Å²) in [6.07, 6.45) is 2.06. The van der Waals surface area contributed by atoms with Crippen molar-refractivity contribution in [3.8, 4) is 0 Å². The molecular weight excluding hydrogens is 492 g/mol. The van der Waals surface area contributed by atoms with Gasteiger partial charge < -0.3 is 20.4 Å². The minimum atomic E-state index is -0.371. The van der Waals surface area contributed by atoms with Crippen molar-refractivity contribution in [1.82, 2.24) is 5.32 Å². The van der Waals surface area contributed by atoms with Gasteiger partial charge in [0.25, 0.3) is 0 Å². The Morgan fingerprint density at radius 1 is 1.08 bits per heavy atom. The van der Waals surface area contributed by atoms with Crippen molar-refractivity contribution < 1.29 is 9.59 Å². The third-order valence-electron chi connectivity index (χ3n) is 7.32. The predicted octanol–water partition coefficient (Wildman–Crippen LogP) is 5.79. The van der Waals surface area contributed by atoms with Crippen LogP contribution in [0.5, 0.6) is 0 Å². The van der Waals surface area contributed by atoms with Gasteiger partial charge >= 0.3 is 0 Å². The van der Waals surface area contributed by atoms with Crippen LogP contribution in [-0.2, 0) is 16.0 Å². The third kappa shape index (κ3) is 5.48. The van der Waals surface area contributed by atoms with E-state index in [1.165, 1.54) is 4.88 Å². The van der Waals surface area contributed by atoms with Gasteiger partial charge in [-0.3, -0.25) is 9.59 Å². The van der Waals surface area contributed by atoms with Gasteiger partial charge in [0.05, 0.1) is 24.0 Å². The smallest absolute Gasteiger partial charge is 0.239 e. The molecule has 0 saturated carbocycles. The summed E-state index contributed by atoms with van der Waals surface area (Å²) in [4.78, 5) is 32.6. The summed E-state index contributed by atoms with van der Waals surface area (Å²) in [6, 6.07) is 20.1. The van der Waals surface area contributed by atoms with Crippen LogP contribution in [0, 0.1) is 5.41 Å². The Morgan fingerprint density at radius 3 is 2.55 bits per heavy atom. The minimum Gasteiger partial charge on any atom is -0.378 e. The Balaban J connectivity index is 1.55. The molecular formula is C31H36N4O2S. The number of benzene rings is 2. The number of carbonyl (C=O) groups is 2. The molecule has 38 heavy (non-hydrogen) atoms. The zero-order valence-corrected chi connectivity index (χ0v) is 23.4. The van der Waals surface area contributed by atoms with Crippen molar-refractivity contribution in [3.05, 3.63) is 87.8 Å². The number of Topliss-reactive ketones (excluding diaryl/α,β-unsaturated/α-hetero) is 1. The molecule has 2 heterocycles. The molecule has 1 atom stereocenters. The van der Waals surface area contributed by atoms with Crippen LogP contribution >= 0.6 is 11.3 Å².